The summed E-state index contributed by atoms with van der Waals surface area (Å²) in [6.07, 6.45) is 2.64. The van der Waals surface area contributed by atoms with Crippen LogP contribution in [-0.4, -0.2) is 58.6 Å². The van der Waals surface area contributed by atoms with Crippen molar-refractivity contribution in [2.75, 3.05) is 26.7 Å². The topological polar surface area (TPSA) is 87.6 Å². The number of amides is 1. The zero-order chi connectivity index (χ0) is 17.8. The normalized spacial score (nSPS) is 19.4. The lowest BCUT2D eigenvalue weighted by Crippen LogP contribution is -2.39. The van der Waals surface area contributed by atoms with Crippen LogP contribution in [0.2, 0.25) is 0 Å². The van der Waals surface area contributed by atoms with Gasteiger partial charge in [-0.05, 0) is 32.5 Å². The number of likely N-dealkylation sites (N-methyl/N-ethyl adjacent to an activating group) is 1. The number of nitrogens with one attached hydrogen (secondary N) is 1. The molecule has 2 aromatic rings. The third-order valence-electron chi connectivity index (χ3n) is 4.55. The monoisotopic (exact) mass is 347 g/mol. The predicted octanol–water partition coefficient (Wildman–Crippen LogP) is 1.35. The van der Waals surface area contributed by atoms with E-state index < -0.39 is 0 Å². The molecule has 0 aliphatic carbocycles. The molecule has 1 saturated heterocycles. The van der Waals surface area contributed by atoms with Crippen LogP contribution in [0.4, 0.5) is 0 Å². The highest BCUT2D eigenvalue weighted by Crippen LogP contribution is 2.16. The number of aryl methyl sites for hydroxylation is 1. The van der Waals surface area contributed by atoms with E-state index in [2.05, 4.69) is 32.3 Å². The highest BCUT2D eigenvalue weighted by molar-refractivity contribution is 5.78. The molecule has 1 N–H and O–H groups in total. The zero-order valence-corrected chi connectivity index (χ0v) is 14.9. The lowest BCUT2D eigenvalue weighted by Gasteiger charge is -2.23. The first-order valence-corrected chi connectivity index (χ1v) is 8.56. The molecule has 3 heterocycles. The third kappa shape index (κ3) is 4.67. The SMILES string of the molecule is Cc1nc(CN(C)[C@@H]2CCN(CC(=O)N[C@H](C)c3ccco3)C2)no1. The van der Waals surface area contributed by atoms with Crippen molar-refractivity contribution in [3.8, 4) is 0 Å². The number of carbonyl (C=O) groups is 1. The molecule has 2 aromatic heterocycles. The Morgan fingerprint density at radius 3 is 3.08 bits per heavy atom. The number of hydrogen-bond donors (Lipinski definition) is 1. The zero-order valence-electron chi connectivity index (χ0n) is 14.9. The van der Waals surface area contributed by atoms with E-state index >= 15 is 0 Å². The van der Waals surface area contributed by atoms with Crippen LogP contribution in [0.3, 0.4) is 0 Å². The average molecular weight is 347 g/mol. The molecule has 25 heavy (non-hydrogen) atoms. The Hall–Kier alpha value is -2.19. The highest BCUT2D eigenvalue weighted by atomic mass is 16.5. The molecule has 136 valence electrons. The minimum atomic E-state index is -0.120. The second kappa shape index (κ2) is 7.79. The number of carbonyl (C=O) groups excluding carboxylic acids is 1. The first-order valence-electron chi connectivity index (χ1n) is 8.56. The lowest BCUT2D eigenvalue weighted by atomic mass is 10.2. The fraction of sp³-hybridized carbons (Fsp3) is 0.588. The highest BCUT2D eigenvalue weighted by Gasteiger charge is 2.28. The van der Waals surface area contributed by atoms with E-state index in [9.17, 15) is 4.79 Å². The van der Waals surface area contributed by atoms with E-state index in [-0.39, 0.29) is 11.9 Å². The molecule has 0 saturated carbocycles. The van der Waals surface area contributed by atoms with Gasteiger partial charge in [-0.2, -0.15) is 4.98 Å². The molecule has 0 radical (unpaired) electrons. The van der Waals surface area contributed by atoms with Crippen molar-refractivity contribution in [3.63, 3.8) is 0 Å². The van der Waals surface area contributed by atoms with Gasteiger partial charge in [-0.15, -0.1) is 0 Å². The average Bonchev–Trinajstić information content (AvgIpc) is 3.28. The van der Waals surface area contributed by atoms with Crippen molar-refractivity contribution in [1.29, 1.82) is 0 Å². The molecule has 1 fully saturated rings. The number of aromatic nitrogens is 2. The second-order valence-corrected chi connectivity index (χ2v) is 6.63. The van der Waals surface area contributed by atoms with Gasteiger partial charge in [0.15, 0.2) is 5.82 Å². The Balaban J connectivity index is 1.43. The van der Waals surface area contributed by atoms with Gasteiger partial charge in [0.2, 0.25) is 11.8 Å². The molecule has 1 aliphatic rings. The maximum Gasteiger partial charge on any atom is 0.234 e. The summed E-state index contributed by atoms with van der Waals surface area (Å²) in [5.41, 5.74) is 0. The third-order valence-corrected chi connectivity index (χ3v) is 4.55. The number of rotatable bonds is 7. The van der Waals surface area contributed by atoms with Crippen molar-refractivity contribution in [3.05, 3.63) is 35.9 Å². The molecule has 0 spiro atoms. The summed E-state index contributed by atoms with van der Waals surface area (Å²) in [4.78, 5) is 20.9. The number of furan rings is 1. The van der Waals surface area contributed by atoms with Gasteiger partial charge >= 0.3 is 0 Å². The largest absolute Gasteiger partial charge is 0.467 e. The molecule has 0 aromatic carbocycles. The van der Waals surface area contributed by atoms with E-state index in [1.807, 2.05) is 19.1 Å². The standard InChI is InChI=1S/C17H25N5O3/c1-12(15-5-4-8-24-15)18-17(23)11-22-7-6-14(9-22)21(3)10-16-19-13(2)25-20-16/h4-5,8,12,14H,6-7,9-11H2,1-3H3,(H,18,23)/t12-,14-/m1/s1. The van der Waals surface area contributed by atoms with Crippen molar-refractivity contribution in [2.45, 2.75) is 38.9 Å². The summed E-state index contributed by atoms with van der Waals surface area (Å²) in [5, 5.41) is 6.91. The summed E-state index contributed by atoms with van der Waals surface area (Å²) in [5.74, 6) is 2.06. The van der Waals surface area contributed by atoms with Crippen molar-refractivity contribution < 1.29 is 13.7 Å². The molecule has 8 nitrogen and oxygen atoms in total. The summed E-state index contributed by atoms with van der Waals surface area (Å²) in [6.45, 7) is 6.52. The van der Waals surface area contributed by atoms with Crippen LogP contribution in [0.15, 0.2) is 27.3 Å². The van der Waals surface area contributed by atoms with Crippen LogP contribution in [0.1, 0.15) is 36.9 Å². The van der Waals surface area contributed by atoms with Gasteiger partial charge in [-0.3, -0.25) is 14.6 Å². The van der Waals surface area contributed by atoms with Crippen molar-refractivity contribution in [1.82, 2.24) is 25.3 Å². The first-order chi connectivity index (χ1) is 12.0. The summed E-state index contributed by atoms with van der Waals surface area (Å²) >= 11 is 0. The molecule has 0 bridgehead atoms. The number of hydrogen-bond acceptors (Lipinski definition) is 7. The van der Waals surface area contributed by atoms with E-state index in [0.717, 1.165) is 25.3 Å². The first kappa shape index (κ1) is 17.6. The van der Waals surface area contributed by atoms with Gasteiger partial charge in [0.05, 0.1) is 25.4 Å². The lowest BCUT2D eigenvalue weighted by molar-refractivity contribution is -0.122. The molecule has 1 aliphatic heterocycles. The van der Waals surface area contributed by atoms with Gasteiger partial charge in [-0.1, -0.05) is 5.16 Å². The smallest absolute Gasteiger partial charge is 0.234 e. The van der Waals surface area contributed by atoms with E-state index in [1.54, 1.807) is 13.2 Å². The van der Waals surface area contributed by atoms with Crippen LogP contribution in [0, 0.1) is 6.92 Å². The molecular formula is C17H25N5O3. The van der Waals surface area contributed by atoms with Crippen LogP contribution in [-0.2, 0) is 11.3 Å². The van der Waals surface area contributed by atoms with Crippen LogP contribution in [0.5, 0.6) is 0 Å². The molecule has 8 heteroatoms. The van der Waals surface area contributed by atoms with Crippen LogP contribution in [0.25, 0.3) is 0 Å². The minimum absolute atomic E-state index is 0.0148. The molecule has 2 atom stereocenters. The van der Waals surface area contributed by atoms with E-state index in [4.69, 9.17) is 8.94 Å². The predicted molar refractivity (Wildman–Crippen MR) is 90.6 cm³/mol. The molecule has 0 unspecified atom stereocenters. The Bertz CT molecular complexity index is 684. The molecular weight excluding hydrogens is 322 g/mol. The minimum Gasteiger partial charge on any atom is -0.467 e. The Morgan fingerprint density at radius 2 is 2.40 bits per heavy atom. The van der Waals surface area contributed by atoms with E-state index in [1.165, 1.54) is 0 Å². The second-order valence-electron chi connectivity index (χ2n) is 6.63. The van der Waals surface area contributed by atoms with Crippen molar-refractivity contribution in [2.24, 2.45) is 0 Å². The fourth-order valence-corrected chi connectivity index (χ4v) is 3.17. The summed E-state index contributed by atoms with van der Waals surface area (Å²) in [7, 11) is 2.05. The van der Waals surface area contributed by atoms with Gasteiger partial charge in [0.25, 0.3) is 0 Å². The summed E-state index contributed by atoms with van der Waals surface area (Å²) < 4.78 is 10.3. The van der Waals surface area contributed by atoms with Crippen LogP contribution >= 0.6 is 0 Å². The Labute approximate surface area is 147 Å². The summed E-state index contributed by atoms with van der Waals surface area (Å²) in [6, 6.07) is 3.95. The Morgan fingerprint density at radius 1 is 1.56 bits per heavy atom. The van der Waals surface area contributed by atoms with Gasteiger partial charge in [0.1, 0.15) is 5.76 Å². The molecule has 1 amide bonds. The van der Waals surface area contributed by atoms with E-state index in [0.29, 0.717) is 30.8 Å². The van der Waals surface area contributed by atoms with Crippen LogP contribution < -0.4 is 5.32 Å². The maximum atomic E-state index is 12.2. The number of likely N-dealkylation sites (tertiary alicyclic amines) is 1. The fourth-order valence-electron chi connectivity index (χ4n) is 3.17. The maximum absolute atomic E-state index is 12.2. The quantitative estimate of drug-likeness (QED) is 0.809. The molecule has 3 rings (SSSR count). The van der Waals surface area contributed by atoms with Gasteiger partial charge < -0.3 is 14.3 Å². The Kier molecular flexibility index (Phi) is 5.50. The van der Waals surface area contributed by atoms with Crippen molar-refractivity contribution >= 4 is 5.91 Å². The van der Waals surface area contributed by atoms with Gasteiger partial charge in [-0.25, -0.2) is 0 Å². The number of nitrogens with zero attached hydrogens (tertiary/aromatic N) is 4. The van der Waals surface area contributed by atoms with Gasteiger partial charge in [0, 0.05) is 26.1 Å².